The van der Waals surface area contributed by atoms with Crippen LogP contribution in [0.4, 0.5) is 0 Å². The highest BCUT2D eigenvalue weighted by atomic mass is 32.2. The number of nitrogens with zero attached hydrogens (tertiary/aromatic N) is 2. The number of phenolic OH excluding ortho intramolecular Hbond substituents is 1. The quantitative estimate of drug-likeness (QED) is 0.449. The second-order valence-corrected chi connectivity index (χ2v) is 7.01. The second kappa shape index (κ2) is 9.05. The molecule has 2 amide bonds. The van der Waals surface area contributed by atoms with Gasteiger partial charge in [-0.05, 0) is 41.1 Å². The highest BCUT2D eigenvalue weighted by molar-refractivity contribution is 8.18. The van der Waals surface area contributed by atoms with Crippen LogP contribution in [0.1, 0.15) is 11.1 Å². The number of carbonyl (C=O) groups is 2. The predicted molar refractivity (Wildman–Crippen MR) is 111 cm³/mol. The Kier molecular flexibility index (Phi) is 6.29. The second-order valence-electron chi connectivity index (χ2n) is 6.00. The summed E-state index contributed by atoms with van der Waals surface area (Å²) in [4.78, 5) is 26.7. The van der Waals surface area contributed by atoms with Gasteiger partial charge in [-0.1, -0.05) is 48.5 Å². The Labute approximate surface area is 167 Å². The molecule has 0 aliphatic carbocycles. The summed E-state index contributed by atoms with van der Waals surface area (Å²) >= 11 is 1.18. The largest absolute Gasteiger partial charge is 0.508 e. The van der Waals surface area contributed by atoms with Crippen molar-refractivity contribution in [1.82, 2.24) is 10.3 Å². The van der Waals surface area contributed by atoms with Crippen LogP contribution >= 0.6 is 11.8 Å². The van der Waals surface area contributed by atoms with E-state index in [4.69, 9.17) is 0 Å². The van der Waals surface area contributed by atoms with Gasteiger partial charge < -0.3 is 5.11 Å². The van der Waals surface area contributed by atoms with Crippen LogP contribution < -0.4 is 5.43 Å². The molecular formula is C21H19N3O3S. The van der Waals surface area contributed by atoms with E-state index in [1.54, 1.807) is 36.4 Å². The Bertz CT molecular complexity index is 937. The first-order valence-corrected chi connectivity index (χ1v) is 9.40. The maximum absolute atomic E-state index is 12.7. The van der Waals surface area contributed by atoms with E-state index in [0.717, 1.165) is 11.1 Å². The van der Waals surface area contributed by atoms with Crippen LogP contribution in [0, 0.1) is 0 Å². The number of hydrogen-bond acceptors (Lipinski definition) is 5. The number of nitrogens with one attached hydrogen (secondary N) is 1. The maximum atomic E-state index is 12.7. The summed E-state index contributed by atoms with van der Waals surface area (Å²) in [6.45, 7) is 3.95. The van der Waals surface area contributed by atoms with Crippen LogP contribution in [0.3, 0.4) is 0 Å². The van der Waals surface area contributed by atoms with Crippen molar-refractivity contribution >= 4 is 34.8 Å². The van der Waals surface area contributed by atoms with E-state index in [1.165, 1.54) is 16.7 Å². The zero-order chi connectivity index (χ0) is 19.9. The number of hydrogen-bond donors (Lipinski definition) is 2. The molecule has 2 aromatic rings. The van der Waals surface area contributed by atoms with E-state index in [2.05, 4.69) is 17.1 Å². The first kappa shape index (κ1) is 19.4. The van der Waals surface area contributed by atoms with Crippen LogP contribution in [0.5, 0.6) is 5.75 Å². The van der Waals surface area contributed by atoms with E-state index < -0.39 is 0 Å². The molecule has 1 heterocycles. The smallest absolute Gasteiger partial charge is 0.267 e. The summed E-state index contributed by atoms with van der Waals surface area (Å²) in [6, 6.07) is 15.9. The number of rotatable bonds is 6. The molecule has 6 nitrogen and oxygen atoms in total. The van der Waals surface area contributed by atoms with Crippen molar-refractivity contribution in [3.8, 4) is 5.75 Å². The number of phenols is 1. The van der Waals surface area contributed by atoms with Gasteiger partial charge in [-0.2, -0.15) is 0 Å². The molecule has 28 heavy (non-hydrogen) atoms. The molecule has 3 rings (SSSR count). The van der Waals surface area contributed by atoms with E-state index in [0.29, 0.717) is 10.1 Å². The fourth-order valence-electron chi connectivity index (χ4n) is 2.53. The van der Waals surface area contributed by atoms with Gasteiger partial charge in [0.15, 0.2) is 5.17 Å². The number of thioether (sulfide) groups is 1. The lowest BCUT2D eigenvalue weighted by Crippen LogP contribution is -2.31. The van der Waals surface area contributed by atoms with Crippen molar-refractivity contribution in [3.05, 3.63) is 83.3 Å². The molecular weight excluding hydrogens is 374 g/mol. The zero-order valence-corrected chi connectivity index (χ0v) is 15.9. The minimum absolute atomic E-state index is 0.157. The first-order chi connectivity index (χ1) is 13.6. The highest BCUT2D eigenvalue weighted by Crippen LogP contribution is 2.32. The third-order valence-corrected chi connectivity index (χ3v) is 4.88. The molecule has 0 radical (unpaired) electrons. The molecule has 1 aliphatic rings. The third kappa shape index (κ3) is 4.89. The fraction of sp³-hybridized carbons (Fsp3) is 0.0952. The van der Waals surface area contributed by atoms with Gasteiger partial charge in [0.2, 0.25) is 5.91 Å². The van der Waals surface area contributed by atoms with Crippen molar-refractivity contribution in [2.75, 3.05) is 6.54 Å². The van der Waals surface area contributed by atoms with Crippen molar-refractivity contribution in [1.29, 1.82) is 0 Å². The number of hydrazone groups is 1. The Morgan fingerprint density at radius 1 is 1.18 bits per heavy atom. The topological polar surface area (TPSA) is 82.0 Å². The summed E-state index contributed by atoms with van der Waals surface area (Å²) in [5.74, 6) is -0.320. The summed E-state index contributed by atoms with van der Waals surface area (Å²) in [5.41, 5.74) is 4.17. The SMILES string of the molecule is C=CCN1C(=O)C(=Cc2ccc(O)cc2)SC1=NNC(=O)Cc1ccccc1. The lowest BCUT2D eigenvalue weighted by molar-refractivity contribution is -0.122. The zero-order valence-electron chi connectivity index (χ0n) is 15.0. The van der Waals surface area contributed by atoms with Crippen LogP contribution in [-0.2, 0) is 16.0 Å². The van der Waals surface area contributed by atoms with Gasteiger partial charge in [0, 0.05) is 6.54 Å². The normalized spacial score (nSPS) is 16.6. The van der Waals surface area contributed by atoms with E-state index in [1.807, 2.05) is 30.3 Å². The van der Waals surface area contributed by atoms with Crippen molar-refractivity contribution in [2.45, 2.75) is 6.42 Å². The van der Waals surface area contributed by atoms with Crippen molar-refractivity contribution in [3.63, 3.8) is 0 Å². The maximum Gasteiger partial charge on any atom is 0.267 e. The average Bonchev–Trinajstić information content (AvgIpc) is 2.98. The molecule has 7 heteroatoms. The molecule has 1 saturated heterocycles. The van der Waals surface area contributed by atoms with Gasteiger partial charge in [0.05, 0.1) is 11.3 Å². The molecule has 2 N–H and O–H groups in total. The first-order valence-electron chi connectivity index (χ1n) is 8.58. The van der Waals surface area contributed by atoms with Gasteiger partial charge >= 0.3 is 0 Å². The van der Waals surface area contributed by atoms with Gasteiger partial charge in [0.1, 0.15) is 5.75 Å². The van der Waals surface area contributed by atoms with Crippen LogP contribution in [0.25, 0.3) is 6.08 Å². The minimum Gasteiger partial charge on any atom is -0.508 e. The number of amidine groups is 1. The number of carbonyl (C=O) groups excluding carboxylic acids is 2. The fourth-order valence-corrected chi connectivity index (χ4v) is 3.48. The van der Waals surface area contributed by atoms with Gasteiger partial charge in [0.25, 0.3) is 5.91 Å². The average molecular weight is 393 g/mol. The molecule has 1 fully saturated rings. The number of amides is 2. The van der Waals surface area contributed by atoms with Crippen LogP contribution in [0.15, 0.2) is 77.3 Å². The van der Waals surface area contributed by atoms with Crippen molar-refractivity contribution in [2.24, 2.45) is 5.10 Å². The van der Waals surface area contributed by atoms with Crippen LogP contribution in [-0.4, -0.2) is 33.5 Å². The molecule has 0 aromatic heterocycles. The molecule has 0 bridgehead atoms. The number of benzene rings is 2. The predicted octanol–water partition coefficient (Wildman–Crippen LogP) is 3.12. The molecule has 0 spiro atoms. The van der Waals surface area contributed by atoms with Gasteiger partial charge in [-0.15, -0.1) is 11.7 Å². The monoisotopic (exact) mass is 393 g/mol. The summed E-state index contributed by atoms with van der Waals surface area (Å²) < 4.78 is 0. The summed E-state index contributed by atoms with van der Waals surface area (Å²) in [5, 5.41) is 13.9. The molecule has 0 unspecified atom stereocenters. The van der Waals surface area contributed by atoms with Crippen molar-refractivity contribution < 1.29 is 14.7 Å². The van der Waals surface area contributed by atoms with E-state index in [-0.39, 0.29) is 30.5 Å². The standard InChI is InChI=1S/C21H19N3O3S/c1-2-12-24-20(27)18(13-16-8-10-17(25)11-9-16)28-21(24)23-22-19(26)14-15-6-4-3-5-7-15/h2-11,13,25H,1,12,14H2,(H,22,26). The van der Waals surface area contributed by atoms with E-state index in [9.17, 15) is 14.7 Å². The molecule has 2 aromatic carbocycles. The van der Waals surface area contributed by atoms with Gasteiger partial charge in [-0.25, -0.2) is 5.43 Å². The summed E-state index contributed by atoms with van der Waals surface area (Å²) in [7, 11) is 0. The molecule has 142 valence electrons. The third-order valence-electron chi connectivity index (χ3n) is 3.87. The minimum atomic E-state index is -0.263. The Balaban J connectivity index is 1.74. The molecule has 0 saturated carbocycles. The lowest BCUT2D eigenvalue weighted by atomic mass is 10.1. The molecule has 0 atom stereocenters. The lowest BCUT2D eigenvalue weighted by Gasteiger charge is -2.12. The number of aromatic hydroxyl groups is 1. The highest BCUT2D eigenvalue weighted by Gasteiger charge is 2.32. The Morgan fingerprint density at radius 3 is 2.57 bits per heavy atom. The summed E-state index contributed by atoms with van der Waals surface area (Å²) in [6.07, 6.45) is 3.52. The van der Waals surface area contributed by atoms with Gasteiger partial charge in [-0.3, -0.25) is 14.5 Å². The molecule has 1 aliphatic heterocycles. The van der Waals surface area contributed by atoms with Crippen LogP contribution in [0.2, 0.25) is 0 Å². The van der Waals surface area contributed by atoms with E-state index >= 15 is 0 Å². The Morgan fingerprint density at radius 2 is 1.89 bits per heavy atom. The Hall–Kier alpha value is -3.32.